The third kappa shape index (κ3) is 5.96. The van der Waals surface area contributed by atoms with Gasteiger partial charge in [0.2, 0.25) is 6.54 Å². The monoisotopic (exact) mass is 396 g/mol. The quantitative estimate of drug-likeness (QED) is 0.732. The van der Waals surface area contributed by atoms with E-state index >= 15 is 0 Å². The predicted molar refractivity (Wildman–Crippen MR) is 92.7 cm³/mol. The maximum absolute atomic E-state index is 12.1. The molecule has 1 aromatic carbocycles. The molecule has 5 heteroatoms. The van der Waals surface area contributed by atoms with Crippen molar-refractivity contribution in [3.05, 3.63) is 58.8 Å². The van der Waals surface area contributed by atoms with Gasteiger partial charge in [-0.05, 0) is 48.6 Å². The molecule has 2 aromatic rings. The minimum atomic E-state index is -0.0254. The zero-order valence-electron chi connectivity index (χ0n) is 13.4. The topological polar surface area (TPSA) is 33.0 Å². The van der Waals surface area contributed by atoms with Crippen molar-refractivity contribution in [1.29, 1.82) is 0 Å². The highest BCUT2D eigenvalue weighted by Crippen LogP contribution is 2.21. The Labute approximate surface area is 152 Å². The van der Waals surface area contributed by atoms with Crippen molar-refractivity contribution in [3.8, 4) is 0 Å². The average Bonchev–Trinajstić information content (AvgIpc) is 2.52. The normalized spacial score (nSPS) is 10.3. The second-order valence-electron chi connectivity index (χ2n) is 5.37. The molecule has 0 radical (unpaired) electrons. The number of aromatic nitrogens is 1. The van der Waals surface area contributed by atoms with Gasteiger partial charge >= 0.3 is 0 Å². The van der Waals surface area contributed by atoms with E-state index in [4.69, 9.17) is 0 Å². The predicted octanol–water partition coefficient (Wildman–Crippen LogP) is 1.28. The van der Waals surface area contributed by atoms with Crippen LogP contribution in [0.25, 0.3) is 0 Å². The number of carbonyl (C=O) groups is 1. The molecule has 3 nitrogen and oxygen atoms in total. The second-order valence-corrected chi connectivity index (χ2v) is 6.29. The van der Waals surface area contributed by atoms with Gasteiger partial charge in [-0.1, -0.05) is 29.8 Å². The zero-order chi connectivity index (χ0) is 15.9. The Morgan fingerprint density at radius 1 is 1.09 bits per heavy atom. The summed E-state index contributed by atoms with van der Waals surface area (Å²) in [4.78, 5) is 12.1. The van der Waals surface area contributed by atoms with Crippen molar-refractivity contribution in [1.82, 2.24) is 0 Å². The third-order valence-corrected chi connectivity index (χ3v) is 4.36. The van der Waals surface area contributed by atoms with Crippen LogP contribution in [-0.2, 0) is 11.3 Å². The summed E-state index contributed by atoms with van der Waals surface area (Å²) in [6.07, 6.45) is 6.25. The maximum atomic E-state index is 12.1. The summed E-state index contributed by atoms with van der Waals surface area (Å²) in [5.41, 5.74) is 2.15. The molecule has 1 amide bonds. The van der Waals surface area contributed by atoms with Gasteiger partial charge < -0.3 is 17.7 Å². The van der Waals surface area contributed by atoms with Gasteiger partial charge in [0.25, 0.3) is 5.91 Å². The van der Waals surface area contributed by atoms with Gasteiger partial charge in [0.15, 0.2) is 12.4 Å². The Morgan fingerprint density at radius 2 is 1.65 bits per heavy atom. The van der Waals surface area contributed by atoms with Gasteiger partial charge in [0.1, 0.15) is 0 Å². The average molecular weight is 398 g/mol. The van der Waals surface area contributed by atoms with Crippen LogP contribution in [0.5, 0.6) is 0 Å². The van der Waals surface area contributed by atoms with Crippen LogP contribution in [0, 0.1) is 0 Å². The number of rotatable bonds is 6. The van der Waals surface area contributed by atoms with Crippen molar-refractivity contribution in [3.63, 3.8) is 0 Å². The van der Waals surface area contributed by atoms with Crippen molar-refractivity contribution in [2.75, 3.05) is 5.32 Å². The number of hydrogen-bond donors (Lipinski definition) is 1. The number of amides is 1. The minimum absolute atomic E-state index is 0. The summed E-state index contributed by atoms with van der Waals surface area (Å²) < 4.78 is 2.90. The van der Waals surface area contributed by atoms with Crippen LogP contribution >= 0.6 is 15.9 Å². The van der Waals surface area contributed by atoms with E-state index in [-0.39, 0.29) is 18.3 Å². The molecule has 0 atom stereocenters. The van der Waals surface area contributed by atoms with E-state index in [0.717, 1.165) is 23.0 Å². The Bertz CT molecular complexity index is 610. The van der Waals surface area contributed by atoms with Crippen LogP contribution in [0.4, 0.5) is 5.69 Å². The molecule has 1 aromatic heterocycles. The molecule has 2 rings (SSSR count). The Morgan fingerprint density at radius 3 is 2.17 bits per heavy atom. The largest absolute Gasteiger partial charge is 1.00 e. The number of hydrogen-bond acceptors (Lipinski definition) is 1. The fourth-order valence-electron chi connectivity index (χ4n) is 2.51. The number of pyridine rings is 1. The maximum Gasteiger partial charge on any atom is 0.290 e. The minimum Gasteiger partial charge on any atom is -1.00 e. The van der Waals surface area contributed by atoms with Crippen molar-refractivity contribution in [2.45, 2.75) is 39.2 Å². The molecule has 0 unspecified atom stereocenters. The first-order valence-corrected chi connectivity index (χ1v) is 8.46. The van der Waals surface area contributed by atoms with Gasteiger partial charge in [0, 0.05) is 22.3 Å². The molecule has 23 heavy (non-hydrogen) atoms. The van der Waals surface area contributed by atoms with Gasteiger partial charge in [-0.3, -0.25) is 4.79 Å². The molecule has 0 fully saturated rings. The number of benzene rings is 1. The molecular formula is C18H22BrClN2O. The first-order valence-electron chi connectivity index (χ1n) is 7.66. The number of anilines is 1. The van der Waals surface area contributed by atoms with Gasteiger partial charge in [-0.15, -0.1) is 0 Å². The third-order valence-electron chi connectivity index (χ3n) is 3.83. The van der Waals surface area contributed by atoms with E-state index in [1.807, 2.05) is 41.2 Å². The molecule has 0 aliphatic carbocycles. The van der Waals surface area contributed by atoms with Crippen molar-refractivity contribution >= 4 is 27.5 Å². The lowest BCUT2D eigenvalue weighted by Crippen LogP contribution is -3.00. The van der Waals surface area contributed by atoms with Gasteiger partial charge in [-0.2, -0.15) is 4.57 Å². The summed E-state index contributed by atoms with van der Waals surface area (Å²) in [5.74, 6) is 0.578. The Hall–Kier alpha value is -1.39. The van der Waals surface area contributed by atoms with E-state index in [0.29, 0.717) is 12.5 Å². The van der Waals surface area contributed by atoms with Crippen LogP contribution in [0.15, 0.2) is 53.3 Å². The highest BCUT2D eigenvalue weighted by molar-refractivity contribution is 9.10. The number of carbonyl (C=O) groups excluding carboxylic acids is 1. The smallest absolute Gasteiger partial charge is 0.290 e. The van der Waals surface area contributed by atoms with Crippen LogP contribution in [0.3, 0.4) is 0 Å². The first kappa shape index (κ1) is 19.7. The lowest BCUT2D eigenvalue weighted by atomic mass is 9.95. The molecule has 1 N–H and O–H groups in total. The van der Waals surface area contributed by atoms with Gasteiger partial charge in [0.05, 0.1) is 0 Å². The van der Waals surface area contributed by atoms with E-state index < -0.39 is 0 Å². The SMILES string of the molecule is CCC(CC)c1cc[n+](CC(=O)Nc2ccc(Br)cc2)cc1.[Cl-]. The standard InChI is InChI=1S/C18H21BrN2O.ClH/c1-3-14(4-2)15-9-11-21(12-10-15)13-18(22)20-17-7-5-16(19)6-8-17;/h5-12,14H,3-4,13H2,1-2H3;1H. The molecule has 0 bridgehead atoms. The van der Waals surface area contributed by atoms with E-state index in [2.05, 4.69) is 47.2 Å². The molecule has 0 spiro atoms. The fraction of sp³-hybridized carbons (Fsp3) is 0.333. The van der Waals surface area contributed by atoms with Crippen LogP contribution < -0.4 is 22.3 Å². The van der Waals surface area contributed by atoms with E-state index in [1.54, 1.807) is 0 Å². The van der Waals surface area contributed by atoms with E-state index in [1.165, 1.54) is 5.56 Å². The summed E-state index contributed by atoms with van der Waals surface area (Å²) in [6, 6.07) is 11.8. The lowest BCUT2D eigenvalue weighted by molar-refractivity contribution is -0.684. The molecular weight excluding hydrogens is 376 g/mol. The second kappa shape index (κ2) is 9.68. The molecule has 0 saturated heterocycles. The Balaban J connectivity index is 0.00000264. The molecule has 1 heterocycles. The highest BCUT2D eigenvalue weighted by Gasteiger charge is 2.12. The summed E-state index contributed by atoms with van der Waals surface area (Å²) >= 11 is 3.38. The number of nitrogens with one attached hydrogen (secondary N) is 1. The molecule has 0 aliphatic heterocycles. The summed E-state index contributed by atoms with van der Waals surface area (Å²) in [6.45, 7) is 4.74. The summed E-state index contributed by atoms with van der Waals surface area (Å²) in [7, 11) is 0. The zero-order valence-corrected chi connectivity index (χ0v) is 15.8. The van der Waals surface area contributed by atoms with Gasteiger partial charge in [-0.25, -0.2) is 0 Å². The van der Waals surface area contributed by atoms with E-state index in [9.17, 15) is 4.79 Å². The Kier molecular flexibility index (Phi) is 8.28. The van der Waals surface area contributed by atoms with Crippen molar-refractivity contribution in [2.24, 2.45) is 0 Å². The van der Waals surface area contributed by atoms with Crippen LogP contribution in [0.2, 0.25) is 0 Å². The fourth-order valence-corrected chi connectivity index (χ4v) is 2.77. The summed E-state index contributed by atoms with van der Waals surface area (Å²) in [5, 5.41) is 2.90. The molecule has 0 saturated carbocycles. The molecule has 0 aliphatic rings. The van der Waals surface area contributed by atoms with Crippen LogP contribution in [-0.4, -0.2) is 5.91 Å². The first-order chi connectivity index (χ1) is 10.6. The molecule has 124 valence electrons. The van der Waals surface area contributed by atoms with Crippen molar-refractivity contribution < 1.29 is 21.8 Å². The van der Waals surface area contributed by atoms with Crippen LogP contribution in [0.1, 0.15) is 38.2 Å². The number of halogens is 2. The highest BCUT2D eigenvalue weighted by atomic mass is 79.9. The number of nitrogens with zero attached hydrogens (tertiary/aromatic N) is 1. The lowest BCUT2D eigenvalue weighted by Gasteiger charge is -2.11.